The smallest absolute Gasteiger partial charge is 0.418 e. The number of hydrogen-bond donors (Lipinski definition) is 0. The normalized spacial score (nSPS) is 17.4. The molecule has 0 aromatic heterocycles. The minimum atomic E-state index is -0.614. The number of rotatable bonds is 2. The summed E-state index contributed by atoms with van der Waals surface area (Å²) in [6.07, 6.45) is 3.55. The molecular formula is C15H13FN2O2. The number of amides is 1. The highest BCUT2D eigenvalue weighted by molar-refractivity contribution is 5.70. The topological polar surface area (TPSA) is 53.3 Å². The number of nitrogens with zero attached hydrogens (tertiary/aromatic N) is 2. The molecule has 1 heterocycles. The van der Waals surface area contributed by atoms with Crippen molar-refractivity contribution >= 4 is 6.09 Å². The second-order valence-corrected chi connectivity index (χ2v) is 4.17. The molecule has 1 atom stereocenters. The second-order valence-electron chi connectivity index (χ2n) is 4.17. The van der Waals surface area contributed by atoms with E-state index < -0.39 is 17.8 Å². The lowest BCUT2D eigenvalue weighted by molar-refractivity contribution is 0.132. The number of carbonyl (C=O) groups is 1. The SMILES string of the molecule is CCOC(=O)N1C=CC(c2ccc(C#N)cc2)C(F)=C1. The van der Waals surface area contributed by atoms with Crippen LogP contribution in [0.2, 0.25) is 0 Å². The summed E-state index contributed by atoms with van der Waals surface area (Å²) in [4.78, 5) is 12.5. The predicted molar refractivity (Wildman–Crippen MR) is 71.1 cm³/mol. The van der Waals surface area contributed by atoms with Crippen molar-refractivity contribution in [3.63, 3.8) is 0 Å². The van der Waals surface area contributed by atoms with E-state index in [4.69, 9.17) is 10.00 Å². The van der Waals surface area contributed by atoms with Gasteiger partial charge in [-0.2, -0.15) is 5.26 Å². The lowest BCUT2D eigenvalue weighted by Crippen LogP contribution is -2.24. The van der Waals surface area contributed by atoms with Gasteiger partial charge < -0.3 is 4.74 Å². The molecule has 1 aliphatic heterocycles. The van der Waals surface area contributed by atoms with Gasteiger partial charge in [-0.25, -0.2) is 9.18 Å². The van der Waals surface area contributed by atoms with Crippen LogP contribution >= 0.6 is 0 Å². The zero-order valence-corrected chi connectivity index (χ0v) is 10.9. The van der Waals surface area contributed by atoms with Gasteiger partial charge in [-0.15, -0.1) is 0 Å². The molecule has 0 bridgehead atoms. The Balaban J connectivity index is 2.16. The Hall–Kier alpha value is -2.61. The zero-order valence-electron chi connectivity index (χ0n) is 10.9. The lowest BCUT2D eigenvalue weighted by atomic mass is 9.95. The highest BCUT2D eigenvalue weighted by atomic mass is 19.1. The average molecular weight is 272 g/mol. The van der Waals surface area contributed by atoms with Crippen molar-refractivity contribution in [2.75, 3.05) is 6.61 Å². The third kappa shape index (κ3) is 2.86. The van der Waals surface area contributed by atoms with Gasteiger partial charge in [0.1, 0.15) is 5.83 Å². The third-order valence-corrected chi connectivity index (χ3v) is 2.88. The van der Waals surface area contributed by atoms with E-state index in [1.807, 2.05) is 6.07 Å². The highest BCUT2D eigenvalue weighted by Crippen LogP contribution is 2.30. The first-order chi connectivity index (χ1) is 9.65. The van der Waals surface area contributed by atoms with Gasteiger partial charge in [0.05, 0.1) is 24.2 Å². The van der Waals surface area contributed by atoms with Gasteiger partial charge in [0, 0.05) is 12.4 Å². The molecule has 1 unspecified atom stereocenters. The van der Waals surface area contributed by atoms with Gasteiger partial charge >= 0.3 is 6.09 Å². The molecule has 0 aliphatic carbocycles. The molecule has 1 aliphatic rings. The Morgan fingerprint density at radius 2 is 2.15 bits per heavy atom. The molecule has 0 spiro atoms. The van der Waals surface area contributed by atoms with Crippen LogP contribution in [0.25, 0.3) is 0 Å². The van der Waals surface area contributed by atoms with Crippen molar-refractivity contribution in [1.82, 2.24) is 4.90 Å². The molecule has 4 nitrogen and oxygen atoms in total. The number of nitriles is 1. The number of benzene rings is 1. The summed E-state index contributed by atoms with van der Waals surface area (Å²) >= 11 is 0. The number of ether oxygens (including phenoxy) is 1. The quantitative estimate of drug-likeness (QED) is 0.828. The Morgan fingerprint density at radius 3 is 2.70 bits per heavy atom. The van der Waals surface area contributed by atoms with Crippen molar-refractivity contribution < 1.29 is 13.9 Å². The maximum Gasteiger partial charge on any atom is 0.418 e. The molecule has 0 N–H and O–H groups in total. The number of carbonyl (C=O) groups excluding carboxylic acids is 1. The number of hydrogen-bond acceptors (Lipinski definition) is 3. The summed E-state index contributed by atoms with van der Waals surface area (Å²) in [5.74, 6) is -1.00. The minimum Gasteiger partial charge on any atom is -0.449 e. The molecule has 0 saturated carbocycles. The Kier molecular flexibility index (Phi) is 4.16. The van der Waals surface area contributed by atoms with Crippen LogP contribution < -0.4 is 0 Å². The standard InChI is InChI=1S/C15H13FN2O2/c1-2-20-15(19)18-8-7-13(14(16)10-18)12-5-3-11(9-17)4-6-12/h3-8,10,13H,2H2,1H3. The monoisotopic (exact) mass is 272 g/mol. The van der Waals surface area contributed by atoms with E-state index in [2.05, 4.69) is 0 Å². The summed E-state index contributed by atoms with van der Waals surface area (Å²) in [6, 6.07) is 8.67. The number of allylic oxidation sites excluding steroid dienone is 2. The van der Waals surface area contributed by atoms with Crippen LogP contribution in [0.4, 0.5) is 9.18 Å². The maximum absolute atomic E-state index is 14.1. The van der Waals surface area contributed by atoms with Gasteiger partial charge in [-0.05, 0) is 24.6 Å². The maximum atomic E-state index is 14.1. The van der Waals surface area contributed by atoms with Crippen LogP contribution in [0, 0.1) is 11.3 Å². The van der Waals surface area contributed by atoms with E-state index in [0.29, 0.717) is 5.56 Å². The molecule has 0 fully saturated rings. The fraction of sp³-hybridized carbons (Fsp3) is 0.200. The predicted octanol–water partition coefficient (Wildman–Crippen LogP) is 3.44. The van der Waals surface area contributed by atoms with Gasteiger partial charge in [0.25, 0.3) is 0 Å². The molecule has 5 heteroatoms. The van der Waals surface area contributed by atoms with E-state index in [0.717, 1.165) is 16.7 Å². The summed E-state index contributed by atoms with van der Waals surface area (Å²) < 4.78 is 18.9. The van der Waals surface area contributed by atoms with Crippen LogP contribution in [-0.2, 0) is 4.74 Å². The van der Waals surface area contributed by atoms with Gasteiger partial charge in [0.2, 0.25) is 0 Å². The van der Waals surface area contributed by atoms with E-state index in [9.17, 15) is 9.18 Å². The molecule has 1 aromatic carbocycles. The van der Waals surface area contributed by atoms with Crippen molar-refractivity contribution in [2.24, 2.45) is 0 Å². The minimum absolute atomic E-state index is 0.234. The van der Waals surface area contributed by atoms with Crippen LogP contribution in [0.1, 0.15) is 24.0 Å². The summed E-state index contributed by atoms with van der Waals surface area (Å²) in [5, 5.41) is 8.73. The highest BCUT2D eigenvalue weighted by Gasteiger charge is 2.22. The molecule has 20 heavy (non-hydrogen) atoms. The molecule has 2 rings (SSSR count). The molecular weight excluding hydrogens is 259 g/mol. The summed E-state index contributed by atoms with van der Waals surface area (Å²) in [7, 11) is 0. The van der Waals surface area contributed by atoms with E-state index >= 15 is 0 Å². The first-order valence-corrected chi connectivity index (χ1v) is 6.16. The van der Waals surface area contributed by atoms with Gasteiger partial charge in [0.15, 0.2) is 0 Å². The van der Waals surface area contributed by atoms with Crippen LogP contribution in [0.3, 0.4) is 0 Å². The summed E-state index contributed by atoms with van der Waals surface area (Å²) in [6.45, 7) is 1.92. The van der Waals surface area contributed by atoms with E-state index in [-0.39, 0.29) is 6.61 Å². The first kappa shape index (κ1) is 13.8. The van der Waals surface area contributed by atoms with Crippen LogP contribution in [0.15, 0.2) is 48.6 Å². The third-order valence-electron chi connectivity index (χ3n) is 2.88. The van der Waals surface area contributed by atoms with Crippen molar-refractivity contribution in [2.45, 2.75) is 12.8 Å². The molecule has 1 aromatic rings. The van der Waals surface area contributed by atoms with Crippen LogP contribution in [-0.4, -0.2) is 17.6 Å². The van der Waals surface area contributed by atoms with Crippen molar-refractivity contribution in [3.05, 3.63) is 59.7 Å². The Morgan fingerprint density at radius 1 is 1.45 bits per heavy atom. The van der Waals surface area contributed by atoms with Crippen LogP contribution in [0.5, 0.6) is 0 Å². The first-order valence-electron chi connectivity index (χ1n) is 6.16. The average Bonchev–Trinajstić information content (AvgIpc) is 2.47. The van der Waals surface area contributed by atoms with Crippen molar-refractivity contribution in [3.8, 4) is 6.07 Å². The number of halogens is 1. The molecule has 102 valence electrons. The van der Waals surface area contributed by atoms with Crippen molar-refractivity contribution in [1.29, 1.82) is 5.26 Å². The summed E-state index contributed by atoms with van der Waals surface area (Å²) in [5.41, 5.74) is 1.24. The molecule has 1 amide bonds. The lowest BCUT2D eigenvalue weighted by Gasteiger charge is -2.21. The van der Waals surface area contributed by atoms with E-state index in [1.165, 1.54) is 6.20 Å². The Bertz CT molecular complexity index is 599. The van der Waals surface area contributed by atoms with Gasteiger partial charge in [-0.3, -0.25) is 4.90 Å². The van der Waals surface area contributed by atoms with E-state index in [1.54, 1.807) is 37.3 Å². The molecule has 0 radical (unpaired) electrons. The fourth-order valence-electron chi connectivity index (χ4n) is 1.87. The second kappa shape index (κ2) is 6.02. The van der Waals surface area contributed by atoms with Gasteiger partial charge in [-0.1, -0.05) is 18.2 Å². The Labute approximate surface area is 116 Å². The fourth-order valence-corrected chi connectivity index (χ4v) is 1.87. The zero-order chi connectivity index (χ0) is 14.5. The largest absolute Gasteiger partial charge is 0.449 e. The molecule has 0 saturated heterocycles.